The number of thiophene rings is 1. The number of thiazole rings is 1. The molecule has 0 unspecified atom stereocenters. The van der Waals surface area contributed by atoms with E-state index in [1.807, 2.05) is 5.38 Å². The van der Waals surface area contributed by atoms with Gasteiger partial charge in [0.1, 0.15) is 0 Å². The van der Waals surface area contributed by atoms with Gasteiger partial charge in [-0.25, -0.2) is 4.98 Å². The molecule has 1 N–H and O–H groups in total. The minimum atomic E-state index is -0.0978. The monoisotopic (exact) mass is 511 g/mol. The normalized spacial score (nSPS) is 11.2. The molecule has 4 rings (SSSR count). The fourth-order valence-corrected chi connectivity index (χ4v) is 6.03. The van der Waals surface area contributed by atoms with E-state index in [-0.39, 0.29) is 11.7 Å². The van der Waals surface area contributed by atoms with Crippen LogP contribution in [-0.2, 0) is 17.8 Å². The maximum absolute atomic E-state index is 12.6. The lowest BCUT2D eigenvalue weighted by atomic mass is 10.1. The minimum absolute atomic E-state index is 0.0978. The number of carbonyl (C=O) groups excluding carboxylic acids is 1. The molecule has 0 spiro atoms. The lowest BCUT2D eigenvalue weighted by molar-refractivity contribution is -0.113. The molecule has 9 heteroatoms. The average Bonchev–Trinajstić information content (AvgIpc) is 3.55. The van der Waals surface area contributed by atoms with Gasteiger partial charge >= 0.3 is 0 Å². The first-order valence-corrected chi connectivity index (χ1v) is 14.2. The lowest BCUT2D eigenvalue weighted by Gasteiger charge is -2.08. The summed E-state index contributed by atoms with van der Waals surface area (Å²) in [5, 5.41) is 17.3. The van der Waals surface area contributed by atoms with Crippen LogP contribution in [0.4, 0.5) is 5.13 Å². The number of carbonyl (C=O) groups is 1. The van der Waals surface area contributed by atoms with Crippen molar-refractivity contribution in [2.24, 2.45) is 0 Å². The summed E-state index contributed by atoms with van der Waals surface area (Å²) in [4.78, 5) is 18.6. The van der Waals surface area contributed by atoms with E-state index in [9.17, 15) is 4.79 Å². The van der Waals surface area contributed by atoms with E-state index in [4.69, 9.17) is 0 Å². The van der Waals surface area contributed by atoms with Crippen molar-refractivity contribution in [2.45, 2.75) is 58.7 Å². The summed E-state index contributed by atoms with van der Waals surface area (Å²) in [7, 11) is 0. The number of hydrogen-bond donors (Lipinski definition) is 1. The Bertz CT molecular complexity index is 1270. The van der Waals surface area contributed by atoms with Gasteiger partial charge in [0.15, 0.2) is 16.1 Å². The van der Waals surface area contributed by atoms with Crippen LogP contribution in [0, 0.1) is 13.8 Å². The predicted octanol–water partition coefficient (Wildman–Crippen LogP) is 6.84. The van der Waals surface area contributed by atoms with E-state index in [2.05, 4.69) is 82.4 Å². The molecule has 34 heavy (non-hydrogen) atoms. The number of anilines is 1. The zero-order valence-corrected chi connectivity index (χ0v) is 22.4. The van der Waals surface area contributed by atoms with Crippen molar-refractivity contribution in [3.8, 4) is 22.6 Å². The SMILES string of the molecule is CCCc1cc(-c2nnc(SCC(=O)Nc3nc(-c4ccc(C)c(C)c4)cs3)n2CCC)cs1. The number of amides is 1. The van der Waals surface area contributed by atoms with E-state index in [0.29, 0.717) is 5.13 Å². The molecule has 0 fully saturated rings. The number of nitrogens with zero attached hydrogens (tertiary/aromatic N) is 4. The first-order valence-electron chi connectivity index (χ1n) is 11.4. The average molecular weight is 512 g/mol. The summed E-state index contributed by atoms with van der Waals surface area (Å²) in [6.45, 7) is 9.33. The number of nitrogens with one attached hydrogen (secondary N) is 1. The van der Waals surface area contributed by atoms with Crippen LogP contribution in [0.15, 0.2) is 40.2 Å². The second-order valence-corrected chi connectivity index (χ2v) is 11.0. The van der Waals surface area contributed by atoms with Gasteiger partial charge in [0.05, 0.1) is 11.4 Å². The standard InChI is InChI=1S/C25H29N5OS3/c1-5-7-20-12-19(13-32-20)23-28-29-25(30(23)10-6-2)34-15-22(31)27-24-26-21(14-33-24)18-9-8-16(3)17(4)11-18/h8-9,11-14H,5-7,10,15H2,1-4H3,(H,26,27,31). The van der Waals surface area contributed by atoms with Gasteiger partial charge in [0.25, 0.3) is 0 Å². The van der Waals surface area contributed by atoms with Crippen molar-refractivity contribution in [3.05, 3.63) is 51.0 Å². The highest BCUT2D eigenvalue weighted by Crippen LogP contribution is 2.30. The topological polar surface area (TPSA) is 72.7 Å². The Labute approximate surface area is 212 Å². The van der Waals surface area contributed by atoms with Crippen LogP contribution < -0.4 is 5.32 Å². The van der Waals surface area contributed by atoms with Gasteiger partial charge in [0.2, 0.25) is 5.91 Å². The molecule has 0 saturated carbocycles. The predicted molar refractivity (Wildman–Crippen MR) is 144 cm³/mol. The number of aryl methyl sites for hydroxylation is 3. The number of rotatable bonds is 10. The molecule has 3 aromatic heterocycles. The van der Waals surface area contributed by atoms with Gasteiger partial charge in [-0.1, -0.05) is 44.2 Å². The molecule has 0 atom stereocenters. The highest BCUT2D eigenvalue weighted by Gasteiger charge is 2.17. The van der Waals surface area contributed by atoms with Gasteiger partial charge in [-0.2, -0.15) is 0 Å². The van der Waals surface area contributed by atoms with E-state index in [1.165, 1.54) is 39.1 Å². The Morgan fingerprint density at radius 1 is 1.03 bits per heavy atom. The van der Waals surface area contributed by atoms with E-state index >= 15 is 0 Å². The minimum Gasteiger partial charge on any atom is -0.302 e. The molecule has 0 aliphatic carbocycles. The molecule has 0 aliphatic rings. The molecule has 1 amide bonds. The number of hydrogen-bond acceptors (Lipinski definition) is 7. The molecule has 3 heterocycles. The molecule has 178 valence electrons. The third kappa shape index (κ3) is 5.76. The first kappa shape index (κ1) is 24.6. The van der Waals surface area contributed by atoms with Crippen LogP contribution in [0.25, 0.3) is 22.6 Å². The summed E-state index contributed by atoms with van der Waals surface area (Å²) in [5.41, 5.74) is 5.52. The molecule has 6 nitrogen and oxygen atoms in total. The third-order valence-electron chi connectivity index (χ3n) is 5.46. The zero-order valence-electron chi connectivity index (χ0n) is 19.9. The smallest absolute Gasteiger partial charge is 0.236 e. The first-order chi connectivity index (χ1) is 16.5. The molecule has 0 aliphatic heterocycles. The molecular weight excluding hydrogens is 483 g/mol. The fourth-order valence-electron chi connectivity index (χ4n) is 3.56. The van der Waals surface area contributed by atoms with E-state index in [0.717, 1.165) is 53.6 Å². The van der Waals surface area contributed by atoms with Gasteiger partial charge in [-0.05, 0) is 49.9 Å². The molecule has 4 aromatic rings. The molecule has 0 radical (unpaired) electrons. The second-order valence-electron chi connectivity index (χ2n) is 8.18. The van der Waals surface area contributed by atoms with Crippen LogP contribution in [0.5, 0.6) is 0 Å². The lowest BCUT2D eigenvalue weighted by Crippen LogP contribution is -2.14. The van der Waals surface area contributed by atoms with Crippen molar-refractivity contribution in [2.75, 3.05) is 11.1 Å². The summed E-state index contributed by atoms with van der Waals surface area (Å²) in [6, 6.07) is 8.50. The van der Waals surface area contributed by atoms with E-state index < -0.39 is 0 Å². The molecular formula is C25H29N5OS3. The Balaban J connectivity index is 1.40. The zero-order chi connectivity index (χ0) is 24.1. The van der Waals surface area contributed by atoms with Crippen LogP contribution in [0.1, 0.15) is 42.7 Å². The summed E-state index contributed by atoms with van der Waals surface area (Å²) in [6.07, 6.45) is 3.18. The summed E-state index contributed by atoms with van der Waals surface area (Å²) in [5.74, 6) is 1.03. The second kappa shape index (κ2) is 11.3. The van der Waals surface area contributed by atoms with Crippen molar-refractivity contribution in [1.82, 2.24) is 19.7 Å². The quantitative estimate of drug-likeness (QED) is 0.236. The van der Waals surface area contributed by atoms with Crippen molar-refractivity contribution in [3.63, 3.8) is 0 Å². The highest BCUT2D eigenvalue weighted by molar-refractivity contribution is 7.99. The largest absolute Gasteiger partial charge is 0.302 e. The van der Waals surface area contributed by atoms with Gasteiger partial charge in [-0.3, -0.25) is 4.79 Å². The van der Waals surface area contributed by atoms with Crippen LogP contribution >= 0.6 is 34.4 Å². The van der Waals surface area contributed by atoms with Crippen molar-refractivity contribution in [1.29, 1.82) is 0 Å². The Morgan fingerprint density at radius 3 is 2.65 bits per heavy atom. The maximum Gasteiger partial charge on any atom is 0.236 e. The summed E-state index contributed by atoms with van der Waals surface area (Å²) < 4.78 is 2.12. The molecule has 0 saturated heterocycles. The van der Waals surface area contributed by atoms with Crippen LogP contribution in [-0.4, -0.2) is 31.4 Å². The van der Waals surface area contributed by atoms with E-state index in [1.54, 1.807) is 11.3 Å². The highest BCUT2D eigenvalue weighted by atomic mass is 32.2. The number of aromatic nitrogens is 4. The number of thioether (sulfide) groups is 1. The molecule has 1 aromatic carbocycles. The van der Waals surface area contributed by atoms with Crippen molar-refractivity contribution < 1.29 is 4.79 Å². The maximum atomic E-state index is 12.6. The van der Waals surface area contributed by atoms with Gasteiger partial charge in [-0.15, -0.1) is 32.9 Å². The van der Waals surface area contributed by atoms with Gasteiger partial charge in [0, 0.05) is 33.3 Å². The fraction of sp³-hybridized carbons (Fsp3) is 0.360. The van der Waals surface area contributed by atoms with Crippen LogP contribution in [0.3, 0.4) is 0 Å². The summed E-state index contributed by atoms with van der Waals surface area (Å²) >= 11 is 4.62. The Hall–Kier alpha value is -2.49. The molecule has 0 bridgehead atoms. The number of benzene rings is 1. The third-order valence-corrected chi connectivity index (χ3v) is 8.18. The van der Waals surface area contributed by atoms with Gasteiger partial charge < -0.3 is 9.88 Å². The Morgan fingerprint density at radius 2 is 1.88 bits per heavy atom. The van der Waals surface area contributed by atoms with Crippen LogP contribution in [0.2, 0.25) is 0 Å². The Kier molecular flexibility index (Phi) is 8.18. The van der Waals surface area contributed by atoms with Crippen molar-refractivity contribution >= 4 is 45.5 Å².